The number of aryl methyl sites for hydroxylation is 1. The highest BCUT2D eigenvalue weighted by atomic mass is 16.5. The van der Waals surface area contributed by atoms with Gasteiger partial charge in [-0.2, -0.15) is 0 Å². The predicted octanol–water partition coefficient (Wildman–Crippen LogP) is 5.08. The maximum absolute atomic E-state index is 13.7. The van der Waals surface area contributed by atoms with Crippen molar-refractivity contribution in [2.75, 3.05) is 13.7 Å². The van der Waals surface area contributed by atoms with Crippen LogP contribution < -0.4 is 14.8 Å². The Labute approximate surface area is 219 Å². The lowest BCUT2D eigenvalue weighted by Gasteiger charge is -2.32. The quantitative estimate of drug-likeness (QED) is 0.399. The number of hydrogen-bond acceptors (Lipinski definition) is 4. The lowest BCUT2D eigenvalue weighted by atomic mass is 10.0. The molecule has 1 aliphatic carbocycles. The normalized spacial score (nSPS) is 14.1. The molecule has 1 atom stereocenters. The topological polar surface area (TPSA) is 67.9 Å². The van der Waals surface area contributed by atoms with Crippen LogP contribution in [0.2, 0.25) is 0 Å². The second kappa shape index (κ2) is 12.9. The van der Waals surface area contributed by atoms with Crippen molar-refractivity contribution >= 4 is 11.8 Å². The molecule has 0 unspecified atom stereocenters. The summed E-state index contributed by atoms with van der Waals surface area (Å²) in [6.07, 6.45) is 4.60. The first kappa shape index (κ1) is 26.3. The SMILES string of the molecule is COc1cccc(CN(C(=O)COc2cccc(C)c2)[C@@H](Cc2ccccc2)C(=O)NC2CCCC2)c1. The van der Waals surface area contributed by atoms with Gasteiger partial charge in [0.1, 0.15) is 17.5 Å². The zero-order valence-corrected chi connectivity index (χ0v) is 21.7. The molecule has 0 heterocycles. The van der Waals surface area contributed by atoms with E-state index in [1.54, 1.807) is 12.0 Å². The Bertz CT molecular complexity index is 1170. The summed E-state index contributed by atoms with van der Waals surface area (Å²) >= 11 is 0. The third kappa shape index (κ3) is 7.59. The molecule has 6 nitrogen and oxygen atoms in total. The van der Waals surface area contributed by atoms with Crippen LogP contribution in [0.15, 0.2) is 78.9 Å². The van der Waals surface area contributed by atoms with E-state index < -0.39 is 6.04 Å². The highest BCUT2D eigenvalue weighted by Gasteiger charge is 2.32. The van der Waals surface area contributed by atoms with Crippen LogP contribution in [0.3, 0.4) is 0 Å². The second-order valence-corrected chi connectivity index (χ2v) is 9.67. The second-order valence-electron chi connectivity index (χ2n) is 9.67. The van der Waals surface area contributed by atoms with Crippen LogP contribution in [0.25, 0.3) is 0 Å². The molecule has 194 valence electrons. The number of methoxy groups -OCH3 is 1. The maximum Gasteiger partial charge on any atom is 0.261 e. The smallest absolute Gasteiger partial charge is 0.261 e. The Balaban J connectivity index is 1.62. The van der Waals surface area contributed by atoms with Gasteiger partial charge in [-0.25, -0.2) is 0 Å². The molecule has 37 heavy (non-hydrogen) atoms. The highest BCUT2D eigenvalue weighted by Crippen LogP contribution is 2.21. The summed E-state index contributed by atoms with van der Waals surface area (Å²) in [6, 6.07) is 24.5. The minimum absolute atomic E-state index is 0.123. The minimum atomic E-state index is -0.678. The molecule has 1 aliphatic rings. The zero-order chi connectivity index (χ0) is 26.0. The van der Waals surface area contributed by atoms with E-state index in [1.807, 2.05) is 85.8 Å². The van der Waals surface area contributed by atoms with Gasteiger partial charge in [0.05, 0.1) is 7.11 Å². The predicted molar refractivity (Wildman–Crippen MR) is 145 cm³/mol. The number of benzene rings is 3. The van der Waals surface area contributed by atoms with Gasteiger partial charge < -0.3 is 19.7 Å². The minimum Gasteiger partial charge on any atom is -0.497 e. The zero-order valence-electron chi connectivity index (χ0n) is 21.7. The number of carbonyl (C=O) groups is 2. The van der Waals surface area contributed by atoms with Crippen molar-refractivity contribution in [2.45, 2.75) is 57.7 Å². The monoisotopic (exact) mass is 500 g/mol. The Kier molecular flexibility index (Phi) is 9.19. The summed E-state index contributed by atoms with van der Waals surface area (Å²) in [4.78, 5) is 29.1. The molecule has 0 saturated heterocycles. The molecule has 0 radical (unpaired) electrons. The molecule has 0 bridgehead atoms. The molecular formula is C31H36N2O4. The average molecular weight is 501 g/mol. The summed E-state index contributed by atoms with van der Waals surface area (Å²) in [5, 5.41) is 3.23. The van der Waals surface area contributed by atoms with Crippen molar-refractivity contribution in [1.82, 2.24) is 10.2 Å². The van der Waals surface area contributed by atoms with E-state index in [-0.39, 0.29) is 31.0 Å². The van der Waals surface area contributed by atoms with Crippen molar-refractivity contribution in [1.29, 1.82) is 0 Å². The van der Waals surface area contributed by atoms with Crippen LogP contribution in [-0.4, -0.2) is 42.5 Å². The van der Waals surface area contributed by atoms with Crippen LogP contribution in [0.4, 0.5) is 0 Å². The van der Waals surface area contributed by atoms with Crippen molar-refractivity contribution in [3.8, 4) is 11.5 Å². The Morgan fingerprint density at radius 3 is 2.35 bits per heavy atom. The first-order valence-corrected chi connectivity index (χ1v) is 13.0. The summed E-state index contributed by atoms with van der Waals surface area (Å²) in [5.41, 5.74) is 2.93. The van der Waals surface area contributed by atoms with Gasteiger partial charge in [-0.1, -0.05) is 67.4 Å². The Morgan fingerprint density at radius 1 is 0.919 bits per heavy atom. The number of nitrogens with zero attached hydrogens (tertiary/aromatic N) is 1. The number of rotatable bonds is 11. The number of ether oxygens (including phenoxy) is 2. The van der Waals surface area contributed by atoms with Crippen LogP contribution >= 0.6 is 0 Å². The van der Waals surface area contributed by atoms with Crippen LogP contribution in [0.5, 0.6) is 11.5 Å². The standard InChI is InChI=1S/C31H36N2O4/c1-23-10-8-17-28(18-23)37-22-30(34)33(21-25-13-9-16-27(19-25)36-2)29(20-24-11-4-3-5-12-24)31(35)32-26-14-6-7-15-26/h3-5,8-13,16-19,26,29H,6-7,14-15,20-22H2,1-2H3,(H,32,35)/t29-/m0/s1. The number of amides is 2. The summed E-state index contributed by atoms with van der Waals surface area (Å²) in [7, 11) is 1.62. The van der Waals surface area contributed by atoms with Crippen LogP contribution in [0, 0.1) is 6.92 Å². The molecule has 1 fully saturated rings. The van der Waals surface area contributed by atoms with E-state index in [1.165, 1.54) is 0 Å². The molecule has 3 aromatic carbocycles. The van der Waals surface area contributed by atoms with Gasteiger partial charge in [0.25, 0.3) is 5.91 Å². The van der Waals surface area contributed by atoms with E-state index in [0.717, 1.165) is 42.4 Å². The fourth-order valence-electron chi connectivity index (χ4n) is 4.82. The molecule has 3 aromatic rings. The third-order valence-electron chi connectivity index (χ3n) is 6.81. The van der Waals surface area contributed by atoms with Crippen LogP contribution in [-0.2, 0) is 22.6 Å². The van der Waals surface area contributed by atoms with Gasteiger partial charge in [-0.3, -0.25) is 9.59 Å². The van der Waals surface area contributed by atoms with Gasteiger partial charge in [0, 0.05) is 19.0 Å². The Hall–Kier alpha value is -3.80. The molecule has 6 heteroatoms. The highest BCUT2D eigenvalue weighted by molar-refractivity contribution is 5.88. The van der Waals surface area contributed by atoms with Gasteiger partial charge in [0.15, 0.2) is 6.61 Å². The van der Waals surface area contributed by atoms with Gasteiger partial charge >= 0.3 is 0 Å². The first-order valence-electron chi connectivity index (χ1n) is 13.0. The van der Waals surface area contributed by atoms with Gasteiger partial charge in [0.2, 0.25) is 5.91 Å². The summed E-state index contributed by atoms with van der Waals surface area (Å²) in [6.45, 7) is 2.09. The van der Waals surface area contributed by atoms with Crippen molar-refractivity contribution in [2.24, 2.45) is 0 Å². The van der Waals surface area contributed by atoms with Crippen LogP contribution in [0.1, 0.15) is 42.4 Å². The maximum atomic E-state index is 13.7. The fourth-order valence-corrected chi connectivity index (χ4v) is 4.82. The van der Waals surface area contributed by atoms with Gasteiger partial charge in [-0.05, 0) is 60.7 Å². The lowest BCUT2D eigenvalue weighted by molar-refractivity contribution is -0.143. The first-order chi connectivity index (χ1) is 18.0. The number of nitrogens with one attached hydrogen (secondary N) is 1. The lowest BCUT2D eigenvalue weighted by Crippen LogP contribution is -2.53. The van der Waals surface area contributed by atoms with Crippen molar-refractivity contribution < 1.29 is 19.1 Å². The summed E-state index contributed by atoms with van der Waals surface area (Å²) in [5.74, 6) is 0.968. The van der Waals surface area contributed by atoms with E-state index in [2.05, 4.69) is 5.32 Å². The third-order valence-corrected chi connectivity index (χ3v) is 6.81. The van der Waals surface area contributed by atoms with Crippen molar-refractivity contribution in [3.05, 3.63) is 95.6 Å². The van der Waals surface area contributed by atoms with Crippen molar-refractivity contribution in [3.63, 3.8) is 0 Å². The molecule has 2 amide bonds. The van der Waals surface area contributed by atoms with Gasteiger partial charge in [-0.15, -0.1) is 0 Å². The van der Waals surface area contributed by atoms with E-state index >= 15 is 0 Å². The molecule has 0 aromatic heterocycles. The molecule has 0 aliphatic heterocycles. The number of hydrogen-bond donors (Lipinski definition) is 1. The van der Waals surface area contributed by atoms with E-state index in [9.17, 15) is 9.59 Å². The molecule has 0 spiro atoms. The largest absolute Gasteiger partial charge is 0.497 e. The molecule has 4 rings (SSSR count). The average Bonchev–Trinajstić information content (AvgIpc) is 3.43. The summed E-state index contributed by atoms with van der Waals surface area (Å²) < 4.78 is 11.3. The van der Waals surface area contributed by atoms with E-state index in [4.69, 9.17) is 9.47 Å². The fraction of sp³-hybridized carbons (Fsp3) is 0.355. The Morgan fingerprint density at radius 2 is 1.62 bits per heavy atom. The van der Waals surface area contributed by atoms with E-state index in [0.29, 0.717) is 17.9 Å². The molecular weight excluding hydrogens is 464 g/mol. The molecule has 1 saturated carbocycles. The number of carbonyl (C=O) groups excluding carboxylic acids is 2. The molecule has 1 N–H and O–H groups in total.